The maximum absolute atomic E-state index is 12.5. The van der Waals surface area contributed by atoms with E-state index < -0.39 is 36.3 Å². The van der Waals surface area contributed by atoms with Gasteiger partial charge in [0.05, 0.1) is 11.9 Å². The van der Waals surface area contributed by atoms with Crippen LogP contribution in [0.4, 0.5) is 13.2 Å². The molecule has 0 aliphatic carbocycles. The van der Waals surface area contributed by atoms with Crippen molar-refractivity contribution in [1.29, 1.82) is 0 Å². The number of amides is 2. The second-order valence-electron chi connectivity index (χ2n) is 7.25. The molecule has 156 valence electrons. The van der Waals surface area contributed by atoms with Crippen molar-refractivity contribution in [3.05, 3.63) is 41.7 Å². The lowest BCUT2D eigenvalue weighted by Crippen LogP contribution is -2.43. The number of carbonyl (C=O) groups excluding carboxylic acids is 2. The van der Waals surface area contributed by atoms with Gasteiger partial charge in [-0.25, -0.2) is 4.68 Å². The van der Waals surface area contributed by atoms with Gasteiger partial charge in [0, 0.05) is 6.54 Å². The normalized spacial score (nSPS) is 17.2. The molecule has 7 nitrogen and oxygen atoms in total. The number of carbonyl (C=O) groups is 2. The van der Waals surface area contributed by atoms with Crippen molar-refractivity contribution in [3.63, 3.8) is 0 Å². The average molecular weight is 410 g/mol. The van der Waals surface area contributed by atoms with E-state index in [0.29, 0.717) is 10.6 Å². The Balaban J connectivity index is 1.73. The standard InChI is InChI=1S/C19H21F3N4O3/c1-11(2)12-4-3-5-13(8-12)26-9-15(27)16(24-26)17(28)23-14-6-7-25(18(14)29)10-19(20,21)22/h3-5,8-9,11,14,27H,6-7,10H2,1-2H3,(H,23,28)/t14-/m0/s1. The minimum Gasteiger partial charge on any atom is -0.504 e. The number of aromatic hydroxyl groups is 1. The second kappa shape index (κ2) is 7.76. The van der Waals surface area contributed by atoms with Gasteiger partial charge in [-0.15, -0.1) is 0 Å². The third-order valence-corrected chi connectivity index (χ3v) is 4.68. The highest BCUT2D eigenvalue weighted by molar-refractivity contribution is 5.98. The van der Waals surface area contributed by atoms with E-state index in [-0.39, 0.29) is 24.6 Å². The highest BCUT2D eigenvalue weighted by Crippen LogP contribution is 2.23. The number of benzene rings is 1. The zero-order valence-electron chi connectivity index (χ0n) is 15.9. The first-order valence-corrected chi connectivity index (χ1v) is 9.10. The van der Waals surface area contributed by atoms with Crippen LogP contribution in [0.1, 0.15) is 42.2 Å². The molecule has 1 aliphatic heterocycles. The number of alkyl halides is 3. The third-order valence-electron chi connectivity index (χ3n) is 4.68. The first-order chi connectivity index (χ1) is 13.5. The van der Waals surface area contributed by atoms with Gasteiger partial charge in [-0.3, -0.25) is 9.59 Å². The van der Waals surface area contributed by atoms with E-state index >= 15 is 0 Å². The molecule has 29 heavy (non-hydrogen) atoms. The molecule has 2 aromatic rings. The fourth-order valence-corrected chi connectivity index (χ4v) is 3.16. The van der Waals surface area contributed by atoms with Crippen LogP contribution in [-0.2, 0) is 4.79 Å². The SMILES string of the molecule is CC(C)c1cccc(-n2cc(O)c(C(=O)N[C@H]3CCN(CC(F)(F)F)C3=O)n2)c1. The molecule has 0 bridgehead atoms. The Morgan fingerprint density at radius 2 is 2.10 bits per heavy atom. The van der Waals surface area contributed by atoms with Crippen molar-refractivity contribution < 1.29 is 27.9 Å². The van der Waals surface area contributed by atoms with Crippen LogP contribution in [-0.4, -0.2) is 56.9 Å². The van der Waals surface area contributed by atoms with Crippen molar-refractivity contribution in [3.8, 4) is 11.4 Å². The first-order valence-electron chi connectivity index (χ1n) is 9.10. The Morgan fingerprint density at radius 1 is 1.38 bits per heavy atom. The average Bonchev–Trinajstić information content (AvgIpc) is 3.18. The number of hydrogen-bond acceptors (Lipinski definition) is 4. The fourth-order valence-electron chi connectivity index (χ4n) is 3.16. The molecule has 1 fully saturated rings. The smallest absolute Gasteiger partial charge is 0.406 e. The van der Waals surface area contributed by atoms with E-state index in [0.717, 1.165) is 5.56 Å². The lowest BCUT2D eigenvalue weighted by Gasteiger charge is -2.18. The third kappa shape index (κ3) is 4.69. The maximum atomic E-state index is 12.5. The monoisotopic (exact) mass is 410 g/mol. The van der Waals surface area contributed by atoms with Gasteiger partial charge in [-0.1, -0.05) is 26.0 Å². The van der Waals surface area contributed by atoms with Gasteiger partial charge >= 0.3 is 6.18 Å². The molecule has 0 saturated carbocycles. The van der Waals surface area contributed by atoms with Gasteiger partial charge < -0.3 is 15.3 Å². The number of halogens is 3. The van der Waals surface area contributed by atoms with Crippen LogP contribution in [0.3, 0.4) is 0 Å². The Bertz CT molecular complexity index is 924. The zero-order chi connectivity index (χ0) is 21.3. The first kappa shape index (κ1) is 20.7. The van der Waals surface area contributed by atoms with Crippen LogP contribution in [0, 0.1) is 0 Å². The van der Waals surface area contributed by atoms with E-state index in [1.807, 2.05) is 32.0 Å². The summed E-state index contributed by atoms with van der Waals surface area (Å²) in [4.78, 5) is 25.2. The van der Waals surface area contributed by atoms with E-state index in [1.54, 1.807) is 6.07 Å². The van der Waals surface area contributed by atoms with Crippen LogP contribution in [0.5, 0.6) is 5.75 Å². The molecule has 1 atom stereocenters. The van der Waals surface area contributed by atoms with Gasteiger partial charge in [0.25, 0.3) is 5.91 Å². The van der Waals surface area contributed by atoms with Crippen molar-refractivity contribution in [1.82, 2.24) is 20.0 Å². The van der Waals surface area contributed by atoms with Gasteiger partial charge in [-0.2, -0.15) is 18.3 Å². The molecule has 0 radical (unpaired) electrons. The molecule has 1 aromatic heterocycles. The summed E-state index contributed by atoms with van der Waals surface area (Å²) >= 11 is 0. The Hall–Kier alpha value is -3.04. The lowest BCUT2D eigenvalue weighted by atomic mass is 10.0. The van der Waals surface area contributed by atoms with Crippen LogP contribution >= 0.6 is 0 Å². The minimum absolute atomic E-state index is 0.0541. The predicted octanol–water partition coefficient (Wildman–Crippen LogP) is 2.59. The Morgan fingerprint density at radius 3 is 2.76 bits per heavy atom. The van der Waals surface area contributed by atoms with Crippen LogP contribution in [0.2, 0.25) is 0 Å². The molecule has 3 rings (SSSR count). The summed E-state index contributed by atoms with van der Waals surface area (Å²) in [6.07, 6.45) is -3.19. The fraction of sp³-hybridized carbons (Fsp3) is 0.421. The molecule has 10 heteroatoms. The minimum atomic E-state index is -4.50. The van der Waals surface area contributed by atoms with Gasteiger partial charge in [-0.05, 0) is 30.0 Å². The number of hydrogen-bond donors (Lipinski definition) is 2. The quantitative estimate of drug-likeness (QED) is 0.793. The summed E-state index contributed by atoms with van der Waals surface area (Å²) in [5.41, 5.74) is 1.38. The molecule has 1 aliphatic rings. The molecular weight excluding hydrogens is 389 g/mol. The molecule has 2 amide bonds. The van der Waals surface area contributed by atoms with Crippen molar-refractivity contribution >= 4 is 11.8 Å². The van der Waals surface area contributed by atoms with Crippen LogP contribution in [0.25, 0.3) is 5.69 Å². The van der Waals surface area contributed by atoms with E-state index in [9.17, 15) is 27.9 Å². The van der Waals surface area contributed by atoms with Gasteiger partial charge in [0.15, 0.2) is 11.4 Å². The van der Waals surface area contributed by atoms with E-state index in [2.05, 4.69) is 10.4 Å². The summed E-state index contributed by atoms with van der Waals surface area (Å²) in [7, 11) is 0. The summed E-state index contributed by atoms with van der Waals surface area (Å²) in [6.45, 7) is 2.59. The van der Waals surface area contributed by atoms with Gasteiger partial charge in [0.2, 0.25) is 5.91 Å². The van der Waals surface area contributed by atoms with Crippen molar-refractivity contribution in [2.75, 3.05) is 13.1 Å². The molecule has 0 unspecified atom stereocenters. The molecule has 1 saturated heterocycles. The molecule has 0 spiro atoms. The van der Waals surface area contributed by atoms with Crippen LogP contribution in [0.15, 0.2) is 30.5 Å². The molecular formula is C19H21F3N4O3. The zero-order valence-corrected chi connectivity index (χ0v) is 15.9. The summed E-state index contributed by atoms with van der Waals surface area (Å²) in [6, 6.07) is 6.32. The Labute approximate surface area is 165 Å². The summed E-state index contributed by atoms with van der Waals surface area (Å²) in [5, 5.41) is 16.5. The Kier molecular flexibility index (Phi) is 5.54. The highest BCUT2D eigenvalue weighted by atomic mass is 19.4. The maximum Gasteiger partial charge on any atom is 0.406 e. The van der Waals surface area contributed by atoms with E-state index in [1.165, 1.54) is 10.9 Å². The number of likely N-dealkylation sites (tertiary alicyclic amines) is 1. The van der Waals surface area contributed by atoms with Crippen molar-refractivity contribution in [2.24, 2.45) is 0 Å². The second-order valence-corrected chi connectivity index (χ2v) is 7.25. The topological polar surface area (TPSA) is 87.5 Å². The van der Waals surface area contributed by atoms with Crippen molar-refractivity contribution in [2.45, 2.75) is 38.4 Å². The number of rotatable bonds is 5. The number of nitrogens with zero attached hydrogens (tertiary/aromatic N) is 3. The van der Waals surface area contributed by atoms with Crippen LogP contribution < -0.4 is 5.32 Å². The highest BCUT2D eigenvalue weighted by Gasteiger charge is 2.40. The number of nitrogens with one attached hydrogen (secondary N) is 1. The lowest BCUT2D eigenvalue weighted by molar-refractivity contribution is -0.157. The largest absolute Gasteiger partial charge is 0.504 e. The van der Waals surface area contributed by atoms with E-state index in [4.69, 9.17) is 0 Å². The predicted molar refractivity (Wildman–Crippen MR) is 97.8 cm³/mol. The number of aromatic nitrogens is 2. The summed E-state index contributed by atoms with van der Waals surface area (Å²) < 4.78 is 38.8. The summed E-state index contributed by atoms with van der Waals surface area (Å²) in [5.74, 6) is -1.75. The molecule has 2 heterocycles. The molecule has 1 aromatic carbocycles. The molecule has 2 N–H and O–H groups in total. The van der Waals surface area contributed by atoms with Gasteiger partial charge in [0.1, 0.15) is 12.6 Å².